The van der Waals surface area contributed by atoms with Gasteiger partial charge in [0.15, 0.2) is 11.6 Å². The second-order valence-corrected chi connectivity index (χ2v) is 15.3. The molecule has 5 aliphatic heterocycles. The fraction of sp³-hybridized carbons (Fsp3) is 0.579. The zero-order valence-corrected chi connectivity index (χ0v) is 28.5. The smallest absolute Gasteiger partial charge is 0.346 e. The number of hydrogen-bond donors (Lipinski definition) is 0. The highest BCUT2D eigenvalue weighted by Gasteiger charge is 2.79. The summed E-state index contributed by atoms with van der Waals surface area (Å²) in [6.07, 6.45) is 1.50. The molecule has 4 fully saturated rings. The van der Waals surface area contributed by atoms with Crippen molar-refractivity contribution in [3.05, 3.63) is 59.7 Å². The van der Waals surface area contributed by atoms with Crippen molar-refractivity contribution in [1.82, 2.24) is 0 Å². The van der Waals surface area contributed by atoms with E-state index < -0.39 is 57.0 Å². The number of para-hydroxylation sites is 2. The number of cyclic esters (lactones) is 2. The summed E-state index contributed by atoms with van der Waals surface area (Å²) in [6.45, 7) is 11.3. The van der Waals surface area contributed by atoms with Crippen LogP contribution in [-0.2, 0) is 38.1 Å². The lowest BCUT2D eigenvalue weighted by Crippen LogP contribution is -2.55. The van der Waals surface area contributed by atoms with Gasteiger partial charge < -0.3 is 28.4 Å². The molecule has 5 aliphatic rings. The second-order valence-electron chi connectivity index (χ2n) is 15.3. The highest BCUT2D eigenvalue weighted by molar-refractivity contribution is 6.15. The van der Waals surface area contributed by atoms with Crippen molar-refractivity contribution in [3.63, 3.8) is 0 Å². The monoisotopic (exact) mass is 660 g/mol. The average Bonchev–Trinajstić information content (AvgIpc) is 3.66. The predicted octanol–water partition coefficient (Wildman–Crippen LogP) is 5.25. The molecule has 0 N–H and O–H groups in total. The molecule has 0 saturated carbocycles. The van der Waals surface area contributed by atoms with Gasteiger partial charge in [-0.1, -0.05) is 36.4 Å². The van der Waals surface area contributed by atoms with Crippen LogP contribution in [0.25, 0.3) is 0 Å². The van der Waals surface area contributed by atoms with Crippen LogP contribution in [0.4, 0.5) is 0 Å². The van der Waals surface area contributed by atoms with E-state index in [0.29, 0.717) is 55.1 Å². The molecule has 256 valence electrons. The first-order valence-corrected chi connectivity index (χ1v) is 16.9. The second kappa shape index (κ2) is 10.9. The lowest BCUT2D eigenvalue weighted by Gasteiger charge is -2.39. The summed E-state index contributed by atoms with van der Waals surface area (Å²) < 4.78 is 36.9. The molecule has 4 saturated heterocycles. The van der Waals surface area contributed by atoms with Crippen LogP contribution in [0.3, 0.4) is 0 Å². The number of Topliss-reactive ketones (excluding diaryl/α,β-unsaturated/α-hetero) is 2. The fourth-order valence-corrected chi connectivity index (χ4v) is 8.62. The van der Waals surface area contributed by atoms with Crippen LogP contribution in [0.15, 0.2) is 48.5 Å². The van der Waals surface area contributed by atoms with Crippen molar-refractivity contribution in [2.24, 2.45) is 10.8 Å². The Balaban J connectivity index is 1.22. The number of fused-ring (bicyclic) bond motifs is 6. The van der Waals surface area contributed by atoms with Gasteiger partial charge in [-0.15, -0.1) is 0 Å². The van der Waals surface area contributed by atoms with E-state index in [4.69, 9.17) is 28.4 Å². The normalized spacial score (nSPS) is 37.2. The van der Waals surface area contributed by atoms with Gasteiger partial charge in [0, 0.05) is 35.8 Å². The minimum atomic E-state index is -1.85. The molecule has 7 rings (SSSR count). The van der Waals surface area contributed by atoms with E-state index in [1.807, 2.05) is 62.4 Å². The maximum atomic E-state index is 14.1. The summed E-state index contributed by atoms with van der Waals surface area (Å²) in [5.74, 6) is -2.32. The van der Waals surface area contributed by atoms with Gasteiger partial charge in [0.2, 0.25) is 11.2 Å². The van der Waals surface area contributed by atoms with Crippen LogP contribution in [-0.4, -0.2) is 72.3 Å². The number of ketones is 2. The van der Waals surface area contributed by atoms with Crippen LogP contribution >= 0.6 is 0 Å². The van der Waals surface area contributed by atoms with Gasteiger partial charge in [0.25, 0.3) is 0 Å². The van der Waals surface area contributed by atoms with E-state index in [1.165, 1.54) is 0 Å². The largest absolute Gasteiger partial charge is 0.493 e. The molecule has 2 aromatic rings. The van der Waals surface area contributed by atoms with Crippen molar-refractivity contribution < 1.29 is 47.6 Å². The number of carbonyl (C=O) groups is 4. The van der Waals surface area contributed by atoms with Crippen LogP contribution in [0.2, 0.25) is 0 Å². The van der Waals surface area contributed by atoms with Gasteiger partial charge >= 0.3 is 11.9 Å². The molecule has 10 nitrogen and oxygen atoms in total. The Kier molecular flexibility index (Phi) is 7.42. The van der Waals surface area contributed by atoms with Gasteiger partial charge in [-0.2, -0.15) is 0 Å². The molecular weight excluding hydrogens is 616 g/mol. The molecule has 6 unspecified atom stereocenters. The maximum Gasteiger partial charge on any atom is 0.346 e. The van der Waals surface area contributed by atoms with Crippen molar-refractivity contribution in [2.45, 2.75) is 101 Å². The van der Waals surface area contributed by atoms with E-state index in [1.54, 1.807) is 27.7 Å². The van der Waals surface area contributed by atoms with Gasteiger partial charge in [-0.25, -0.2) is 9.59 Å². The first-order valence-electron chi connectivity index (χ1n) is 16.9. The third-order valence-corrected chi connectivity index (χ3v) is 12.1. The number of esters is 2. The molecule has 2 aromatic carbocycles. The fourth-order valence-electron chi connectivity index (χ4n) is 8.62. The van der Waals surface area contributed by atoms with Crippen molar-refractivity contribution >= 4 is 23.5 Å². The minimum absolute atomic E-state index is 0.127. The highest BCUT2D eigenvalue weighted by atomic mass is 16.6. The molecule has 6 atom stereocenters. The van der Waals surface area contributed by atoms with Crippen LogP contribution in [0.1, 0.15) is 90.2 Å². The van der Waals surface area contributed by atoms with Gasteiger partial charge in [-0.05, 0) is 66.5 Å². The molecular formula is C38H44O10. The summed E-state index contributed by atoms with van der Waals surface area (Å²) in [5, 5.41) is 0. The van der Waals surface area contributed by atoms with E-state index in [9.17, 15) is 19.2 Å². The average molecular weight is 661 g/mol. The summed E-state index contributed by atoms with van der Waals surface area (Å²) in [5.41, 5.74) is -5.94. The zero-order chi connectivity index (χ0) is 34.3. The number of rotatable bonds is 0. The number of ether oxygens (including phenoxy) is 6. The molecule has 0 radical (unpaired) electrons. The molecule has 0 amide bonds. The third-order valence-electron chi connectivity index (χ3n) is 12.1. The standard InChI is InChI=1S/C38H44O10/c1-33(2)29(39)37-25(21-35(33,5)47-37)23-13-7-9-15-27(23)43-17-11-18-44-28-16-10-8-14-24(28)26-22-36(6)34(3,4)30(40)38(26,48-36)32(42)46-20-12-19-45-31(37)41/h7-10,13-16,25-26H,11-12,17-22H2,1-6H3. The minimum Gasteiger partial charge on any atom is -0.493 e. The third kappa shape index (κ3) is 4.24. The molecule has 10 heteroatoms. The van der Waals surface area contributed by atoms with Crippen LogP contribution in [0.5, 0.6) is 11.5 Å². The van der Waals surface area contributed by atoms with Crippen molar-refractivity contribution in [2.75, 3.05) is 26.4 Å². The lowest BCUT2D eigenvalue weighted by molar-refractivity contribution is -0.174. The van der Waals surface area contributed by atoms with Crippen LogP contribution in [0, 0.1) is 10.8 Å². The molecule has 48 heavy (non-hydrogen) atoms. The van der Waals surface area contributed by atoms with Gasteiger partial charge in [-0.3, -0.25) is 9.59 Å². The first kappa shape index (κ1) is 32.8. The molecule has 0 aromatic heterocycles. The van der Waals surface area contributed by atoms with Gasteiger partial charge in [0.05, 0.1) is 48.5 Å². The topological polar surface area (TPSA) is 124 Å². The Morgan fingerprint density at radius 1 is 0.521 bits per heavy atom. The Morgan fingerprint density at radius 2 is 0.875 bits per heavy atom. The molecule has 4 bridgehead atoms. The zero-order valence-electron chi connectivity index (χ0n) is 28.5. The number of carbonyl (C=O) groups excluding carboxylic acids is 4. The van der Waals surface area contributed by atoms with Crippen molar-refractivity contribution in [1.29, 1.82) is 0 Å². The van der Waals surface area contributed by atoms with Crippen molar-refractivity contribution in [3.8, 4) is 11.5 Å². The maximum absolute atomic E-state index is 14.1. The predicted molar refractivity (Wildman–Crippen MR) is 172 cm³/mol. The molecule has 0 aliphatic carbocycles. The quantitative estimate of drug-likeness (QED) is 0.274. The molecule has 2 spiro atoms. The van der Waals surface area contributed by atoms with E-state index in [-0.39, 0.29) is 31.2 Å². The summed E-state index contributed by atoms with van der Waals surface area (Å²) in [6, 6.07) is 14.8. The summed E-state index contributed by atoms with van der Waals surface area (Å²) >= 11 is 0. The Labute approximate surface area is 280 Å². The lowest BCUT2D eigenvalue weighted by atomic mass is 9.59. The first-order chi connectivity index (χ1) is 22.7. The molecule has 5 heterocycles. The Morgan fingerprint density at radius 3 is 1.25 bits per heavy atom. The number of benzene rings is 2. The van der Waals surface area contributed by atoms with Gasteiger partial charge in [0.1, 0.15) is 11.5 Å². The summed E-state index contributed by atoms with van der Waals surface area (Å²) in [7, 11) is 0. The SMILES string of the molecule is CC12CC3c4ccccc4OCCCOc4ccccc4C4CC5(C)OC4(C(=O)OCCCOC(=O)C3(O1)C(=O)C2(C)C)C(=O)C5(C)C. The van der Waals surface area contributed by atoms with E-state index >= 15 is 0 Å². The van der Waals surface area contributed by atoms with E-state index in [2.05, 4.69) is 0 Å². The highest BCUT2D eigenvalue weighted by Crippen LogP contribution is 2.66. The van der Waals surface area contributed by atoms with E-state index in [0.717, 1.165) is 0 Å². The van der Waals surface area contributed by atoms with Crippen LogP contribution < -0.4 is 9.47 Å². The number of hydrogen-bond acceptors (Lipinski definition) is 10. The Bertz CT molecular complexity index is 1570. The summed E-state index contributed by atoms with van der Waals surface area (Å²) in [4.78, 5) is 56.2. The Hall–Kier alpha value is -3.76.